The maximum absolute atomic E-state index is 13.2. The van der Waals surface area contributed by atoms with Crippen molar-refractivity contribution in [3.8, 4) is 0 Å². The third kappa shape index (κ3) is 2.63. The Morgan fingerprint density at radius 2 is 2.08 bits per heavy atom. The molecule has 0 aromatic carbocycles. The van der Waals surface area contributed by atoms with Crippen LogP contribution in [0.25, 0.3) is 11.0 Å². The van der Waals surface area contributed by atoms with Crippen molar-refractivity contribution < 1.29 is 4.79 Å². The predicted octanol–water partition coefficient (Wildman–Crippen LogP) is 2.61. The van der Waals surface area contributed by atoms with Gasteiger partial charge in [-0.1, -0.05) is 13.3 Å². The summed E-state index contributed by atoms with van der Waals surface area (Å²) in [6, 6.07) is 3.98. The fourth-order valence-corrected chi connectivity index (χ4v) is 5.01. The number of hydrogen-bond acceptors (Lipinski definition) is 4. The quantitative estimate of drug-likeness (QED) is 0.787. The van der Waals surface area contributed by atoms with E-state index in [9.17, 15) is 4.79 Å². The van der Waals surface area contributed by atoms with E-state index >= 15 is 0 Å². The molecule has 2 aliphatic rings. The summed E-state index contributed by atoms with van der Waals surface area (Å²) in [6.45, 7) is 2.81. The molecule has 3 heterocycles. The zero-order chi connectivity index (χ0) is 18.4. The minimum absolute atomic E-state index is 0.0988. The average molecular weight is 355 g/mol. The van der Waals surface area contributed by atoms with Crippen LogP contribution in [0, 0.1) is 0 Å². The van der Waals surface area contributed by atoms with Crippen molar-refractivity contribution in [3.63, 3.8) is 0 Å². The number of pyridine rings is 1. The fourth-order valence-electron chi connectivity index (χ4n) is 5.01. The van der Waals surface area contributed by atoms with E-state index in [0.29, 0.717) is 6.42 Å². The molecular weight excluding hydrogens is 326 g/mol. The van der Waals surface area contributed by atoms with Gasteiger partial charge in [-0.3, -0.25) is 4.79 Å². The Balaban J connectivity index is 1.55. The summed E-state index contributed by atoms with van der Waals surface area (Å²) < 4.78 is 0. The number of fused-ring (bicyclic) bond motifs is 2. The second-order valence-corrected chi connectivity index (χ2v) is 8.19. The molecule has 0 radical (unpaired) electrons. The number of nitrogens with zero attached hydrogens (tertiary/aromatic N) is 2. The maximum Gasteiger partial charge on any atom is 0.224 e. The highest BCUT2D eigenvalue weighted by Gasteiger charge is 2.54. The summed E-state index contributed by atoms with van der Waals surface area (Å²) in [5.41, 5.74) is 14.4. The Labute approximate surface area is 154 Å². The van der Waals surface area contributed by atoms with Crippen molar-refractivity contribution in [2.75, 3.05) is 6.54 Å². The van der Waals surface area contributed by atoms with E-state index in [1.807, 2.05) is 23.2 Å². The normalized spacial score (nSPS) is 30.2. The molecule has 3 atom stereocenters. The molecule has 6 nitrogen and oxygen atoms in total. The molecule has 1 amide bonds. The molecule has 1 aliphatic carbocycles. The molecule has 5 N–H and O–H groups in total. The van der Waals surface area contributed by atoms with Crippen LogP contribution >= 0.6 is 0 Å². The first kappa shape index (κ1) is 17.5. The van der Waals surface area contributed by atoms with E-state index in [1.54, 1.807) is 6.20 Å². The second kappa shape index (κ2) is 6.35. The minimum Gasteiger partial charge on any atom is -0.346 e. The second-order valence-electron chi connectivity index (χ2n) is 8.19. The monoisotopic (exact) mass is 355 g/mol. The smallest absolute Gasteiger partial charge is 0.224 e. The summed E-state index contributed by atoms with van der Waals surface area (Å²) in [6.07, 6.45) is 9.91. The molecule has 26 heavy (non-hydrogen) atoms. The predicted molar refractivity (Wildman–Crippen MR) is 102 cm³/mol. The van der Waals surface area contributed by atoms with E-state index < -0.39 is 11.2 Å². The summed E-state index contributed by atoms with van der Waals surface area (Å²) in [5.74, 6) is 0.219. The van der Waals surface area contributed by atoms with Crippen LogP contribution in [0.1, 0.15) is 63.4 Å². The van der Waals surface area contributed by atoms with Crippen molar-refractivity contribution in [1.29, 1.82) is 0 Å². The Bertz CT molecular complexity index is 813. The van der Waals surface area contributed by atoms with Gasteiger partial charge in [0.05, 0.1) is 5.54 Å². The minimum atomic E-state index is -0.692. The number of rotatable bonds is 3. The Hall–Kier alpha value is -1.92. The molecule has 2 aromatic heterocycles. The van der Waals surface area contributed by atoms with Crippen LogP contribution in [0.5, 0.6) is 0 Å². The van der Waals surface area contributed by atoms with Crippen LogP contribution in [-0.2, 0) is 4.79 Å². The van der Waals surface area contributed by atoms with Gasteiger partial charge in [0.2, 0.25) is 5.91 Å². The van der Waals surface area contributed by atoms with Gasteiger partial charge in [0.25, 0.3) is 0 Å². The number of aromatic nitrogens is 2. The van der Waals surface area contributed by atoms with E-state index in [0.717, 1.165) is 61.7 Å². The number of H-pyrrole nitrogens is 1. The average Bonchev–Trinajstić information content (AvgIpc) is 3.05. The molecule has 1 aliphatic heterocycles. The van der Waals surface area contributed by atoms with Crippen LogP contribution < -0.4 is 11.5 Å². The number of hydrogen-bond donors (Lipinski definition) is 3. The zero-order valence-corrected chi connectivity index (χ0v) is 15.5. The topological polar surface area (TPSA) is 101 Å². The molecule has 0 spiro atoms. The van der Waals surface area contributed by atoms with Crippen LogP contribution in [0.15, 0.2) is 24.5 Å². The number of likely N-dealkylation sites (tertiary alicyclic amines) is 1. The van der Waals surface area contributed by atoms with Crippen LogP contribution in [0.3, 0.4) is 0 Å². The summed E-state index contributed by atoms with van der Waals surface area (Å²) >= 11 is 0. The lowest BCUT2D eigenvalue weighted by atomic mass is 9.67. The molecule has 3 unspecified atom stereocenters. The van der Waals surface area contributed by atoms with E-state index in [2.05, 4.69) is 16.9 Å². The lowest BCUT2D eigenvalue weighted by Gasteiger charge is -2.58. The summed E-state index contributed by atoms with van der Waals surface area (Å²) in [4.78, 5) is 22.6. The van der Waals surface area contributed by atoms with Crippen molar-refractivity contribution in [3.05, 3.63) is 30.1 Å². The molecule has 6 heteroatoms. The van der Waals surface area contributed by atoms with Crippen LogP contribution in [-0.4, -0.2) is 38.5 Å². The third-order valence-corrected chi connectivity index (χ3v) is 6.58. The lowest BCUT2D eigenvalue weighted by Crippen LogP contribution is -2.78. The highest BCUT2D eigenvalue weighted by atomic mass is 16.2. The fraction of sp³-hybridized carbons (Fsp3) is 0.600. The molecule has 2 aromatic rings. The van der Waals surface area contributed by atoms with E-state index in [-0.39, 0.29) is 11.8 Å². The van der Waals surface area contributed by atoms with Crippen molar-refractivity contribution in [1.82, 2.24) is 14.9 Å². The number of nitrogens with two attached hydrogens (primary N) is 2. The van der Waals surface area contributed by atoms with Gasteiger partial charge < -0.3 is 21.4 Å². The molecular formula is C20H29N5O. The number of piperidine rings is 1. The van der Waals surface area contributed by atoms with Gasteiger partial charge in [0.1, 0.15) is 11.3 Å². The molecule has 1 saturated heterocycles. The Kier molecular flexibility index (Phi) is 4.28. The third-order valence-electron chi connectivity index (χ3n) is 6.58. The first-order valence-corrected chi connectivity index (χ1v) is 9.75. The number of amides is 1. The van der Waals surface area contributed by atoms with Gasteiger partial charge in [0.15, 0.2) is 0 Å². The zero-order valence-electron chi connectivity index (χ0n) is 15.5. The van der Waals surface area contributed by atoms with E-state index in [1.165, 1.54) is 0 Å². The number of nitrogens with one attached hydrogen (secondary N) is 1. The van der Waals surface area contributed by atoms with Gasteiger partial charge in [-0.05, 0) is 55.7 Å². The standard InChI is InChI=1S/C20H29N5O/c1-14(16-13-24-18-15(16)6-4-10-23-18)12-17(26)25-11-5-8-19(21)7-2-3-9-20(19,25)22/h4,6,10,13-14H,2-3,5,7-9,11-12,21-22H2,1H3,(H,23,24). The number of carbonyl (C=O) groups excluding carboxylic acids is 1. The molecule has 140 valence electrons. The van der Waals surface area contributed by atoms with Crippen LogP contribution in [0.2, 0.25) is 0 Å². The van der Waals surface area contributed by atoms with Crippen molar-refractivity contribution >= 4 is 16.9 Å². The van der Waals surface area contributed by atoms with Gasteiger partial charge in [0, 0.05) is 30.7 Å². The van der Waals surface area contributed by atoms with Gasteiger partial charge in [-0.2, -0.15) is 0 Å². The van der Waals surface area contributed by atoms with Crippen molar-refractivity contribution in [2.24, 2.45) is 11.5 Å². The summed E-state index contributed by atoms with van der Waals surface area (Å²) in [7, 11) is 0. The first-order chi connectivity index (χ1) is 12.4. The Morgan fingerprint density at radius 3 is 2.92 bits per heavy atom. The molecule has 4 rings (SSSR count). The van der Waals surface area contributed by atoms with Gasteiger partial charge in [-0.15, -0.1) is 0 Å². The summed E-state index contributed by atoms with van der Waals surface area (Å²) in [5, 5.41) is 1.08. The molecule has 0 bridgehead atoms. The molecule has 2 fully saturated rings. The maximum atomic E-state index is 13.2. The van der Waals surface area contributed by atoms with Crippen molar-refractivity contribution in [2.45, 2.75) is 69.0 Å². The molecule has 1 saturated carbocycles. The van der Waals surface area contributed by atoms with Crippen LogP contribution in [0.4, 0.5) is 0 Å². The highest BCUT2D eigenvalue weighted by molar-refractivity contribution is 5.83. The number of carbonyl (C=O) groups is 1. The first-order valence-electron chi connectivity index (χ1n) is 9.75. The highest BCUT2D eigenvalue weighted by Crippen LogP contribution is 2.43. The van der Waals surface area contributed by atoms with Gasteiger partial charge >= 0.3 is 0 Å². The van der Waals surface area contributed by atoms with Gasteiger partial charge in [-0.25, -0.2) is 4.98 Å². The SMILES string of the molecule is CC(CC(=O)N1CCCC2(N)CCCCC12N)c1c[nH]c2ncccc12. The Morgan fingerprint density at radius 1 is 1.31 bits per heavy atom. The van der Waals surface area contributed by atoms with E-state index in [4.69, 9.17) is 11.5 Å². The number of aromatic amines is 1. The lowest BCUT2D eigenvalue weighted by molar-refractivity contribution is -0.148. The largest absolute Gasteiger partial charge is 0.346 e.